The summed E-state index contributed by atoms with van der Waals surface area (Å²) >= 11 is 0. The number of hydrogen-bond acceptors (Lipinski definition) is 1. The molecule has 1 rings (SSSR count). The van der Waals surface area contributed by atoms with E-state index < -0.39 is 0 Å². The molecular formula is C11H22O. The van der Waals surface area contributed by atoms with Crippen LogP contribution in [0.25, 0.3) is 0 Å². The van der Waals surface area contributed by atoms with Gasteiger partial charge in [0.05, 0.1) is 0 Å². The Morgan fingerprint density at radius 1 is 1.00 bits per heavy atom. The lowest BCUT2D eigenvalue weighted by atomic mass is 9.75. The van der Waals surface area contributed by atoms with Gasteiger partial charge in [-0.05, 0) is 30.1 Å². The summed E-state index contributed by atoms with van der Waals surface area (Å²) in [5.41, 5.74) is 0. The maximum absolute atomic E-state index is 5.52. The highest BCUT2D eigenvalue weighted by Crippen LogP contribution is 2.33. The number of ether oxygens (including phenoxy) is 1. The van der Waals surface area contributed by atoms with Crippen LogP contribution in [-0.4, -0.2) is 13.2 Å². The predicted molar refractivity (Wildman–Crippen MR) is 52.1 cm³/mol. The van der Waals surface area contributed by atoms with Gasteiger partial charge in [0.15, 0.2) is 0 Å². The summed E-state index contributed by atoms with van der Waals surface area (Å²) in [6.45, 7) is 11.3. The van der Waals surface area contributed by atoms with Crippen molar-refractivity contribution in [3.63, 3.8) is 0 Å². The smallest absolute Gasteiger partial charge is 0.0499 e. The molecule has 0 radical (unpaired) electrons. The van der Waals surface area contributed by atoms with Gasteiger partial charge in [-0.1, -0.05) is 27.7 Å². The van der Waals surface area contributed by atoms with E-state index in [-0.39, 0.29) is 0 Å². The first kappa shape index (κ1) is 10.0. The highest BCUT2D eigenvalue weighted by molar-refractivity contribution is 4.78. The second kappa shape index (κ2) is 4.27. The summed E-state index contributed by atoms with van der Waals surface area (Å²) in [5, 5.41) is 0. The molecule has 1 nitrogen and oxygen atoms in total. The summed E-state index contributed by atoms with van der Waals surface area (Å²) in [6.07, 6.45) is 1.26. The molecule has 1 fully saturated rings. The van der Waals surface area contributed by atoms with Crippen LogP contribution < -0.4 is 0 Å². The zero-order chi connectivity index (χ0) is 9.14. The molecule has 2 atom stereocenters. The Morgan fingerprint density at radius 2 is 1.58 bits per heavy atom. The Hall–Kier alpha value is -0.0400. The minimum Gasteiger partial charge on any atom is -0.381 e. The minimum atomic E-state index is 0.776. The molecule has 1 heteroatoms. The summed E-state index contributed by atoms with van der Waals surface area (Å²) in [7, 11) is 0. The molecule has 0 bridgehead atoms. The third-order valence-electron chi connectivity index (χ3n) is 3.17. The van der Waals surface area contributed by atoms with Crippen LogP contribution in [0.3, 0.4) is 0 Å². The molecule has 1 saturated heterocycles. The van der Waals surface area contributed by atoms with Crippen molar-refractivity contribution in [1.29, 1.82) is 0 Å². The molecule has 0 saturated carbocycles. The third-order valence-corrected chi connectivity index (χ3v) is 3.17. The molecular weight excluding hydrogens is 148 g/mol. The molecule has 0 amide bonds. The van der Waals surface area contributed by atoms with E-state index in [1.807, 2.05) is 0 Å². The first-order valence-corrected chi connectivity index (χ1v) is 5.20. The SMILES string of the molecule is CC(C)C1CCOC[C@H]1C(C)C. The van der Waals surface area contributed by atoms with Crippen molar-refractivity contribution in [3.05, 3.63) is 0 Å². The average molecular weight is 170 g/mol. The van der Waals surface area contributed by atoms with Gasteiger partial charge in [0, 0.05) is 13.2 Å². The van der Waals surface area contributed by atoms with Crippen LogP contribution in [0.15, 0.2) is 0 Å². The standard InChI is InChI=1S/C11H22O/c1-8(2)10-5-6-12-7-11(10)9(3)4/h8-11H,5-7H2,1-4H3/t10?,11-/m0/s1. The van der Waals surface area contributed by atoms with E-state index in [4.69, 9.17) is 4.74 Å². The van der Waals surface area contributed by atoms with E-state index in [2.05, 4.69) is 27.7 Å². The van der Waals surface area contributed by atoms with Crippen molar-refractivity contribution < 1.29 is 4.74 Å². The largest absolute Gasteiger partial charge is 0.381 e. The lowest BCUT2D eigenvalue weighted by molar-refractivity contribution is -0.0177. The summed E-state index contributed by atoms with van der Waals surface area (Å²) in [6, 6.07) is 0. The number of hydrogen-bond donors (Lipinski definition) is 0. The van der Waals surface area contributed by atoms with Crippen LogP contribution in [0, 0.1) is 23.7 Å². The van der Waals surface area contributed by atoms with Gasteiger partial charge in [0.25, 0.3) is 0 Å². The lowest BCUT2D eigenvalue weighted by Gasteiger charge is -2.36. The molecule has 1 heterocycles. The zero-order valence-electron chi connectivity index (χ0n) is 8.84. The Bertz CT molecular complexity index is 113. The Morgan fingerprint density at radius 3 is 2.00 bits per heavy atom. The topological polar surface area (TPSA) is 9.23 Å². The molecule has 12 heavy (non-hydrogen) atoms. The van der Waals surface area contributed by atoms with Crippen LogP contribution in [-0.2, 0) is 4.74 Å². The van der Waals surface area contributed by atoms with Gasteiger partial charge in [-0.3, -0.25) is 0 Å². The fourth-order valence-electron chi connectivity index (χ4n) is 2.29. The molecule has 1 aliphatic heterocycles. The zero-order valence-corrected chi connectivity index (χ0v) is 8.84. The van der Waals surface area contributed by atoms with Gasteiger partial charge < -0.3 is 4.74 Å². The Balaban J connectivity index is 2.54. The molecule has 0 aromatic carbocycles. The second-order valence-electron chi connectivity index (χ2n) is 4.68. The predicted octanol–water partition coefficient (Wildman–Crippen LogP) is 2.95. The number of rotatable bonds is 2. The van der Waals surface area contributed by atoms with Gasteiger partial charge in [-0.25, -0.2) is 0 Å². The van der Waals surface area contributed by atoms with Crippen LogP contribution in [0.5, 0.6) is 0 Å². The molecule has 0 aromatic rings. The highest BCUT2D eigenvalue weighted by atomic mass is 16.5. The van der Waals surface area contributed by atoms with Crippen LogP contribution >= 0.6 is 0 Å². The summed E-state index contributed by atoms with van der Waals surface area (Å²) in [5.74, 6) is 3.27. The van der Waals surface area contributed by atoms with E-state index in [1.54, 1.807) is 0 Å². The fraction of sp³-hybridized carbons (Fsp3) is 1.00. The van der Waals surface area contributed by atoms with E-state index in [0.29, 0.717) is 0 Å². The fourth-order valence-corrected chi connectivity index (χ4v) is 2.29. The van der Waals surface area contributed by atoms with Crippen molar-refractivity contribution in [2.24, 2.45) is 23.7 Å². The van der Waals surface area contributed by atoms with E-state index in [9.17, 15) is 0 Å². The second-order valence-corrected chi connectivity index (χ2v) is 4.68. The van der Waals surface area contributed by atoms with Gasteiger partial charge >= 0.3 is 0 Å². The lowest BCUT2D eigenvalue weighted by Crippen LogP contribution is -2.34. The molecule has 1 unspecified atom stereocenters. The summed E-state index contributed by atoms with van der Waals surface area (Å²) in [4.78, 5) is 0. The first-order valence-electron chi connectivity index (χ1n) is 5.20. The normalized spacial score (nSPS) is 31.5. The van der Waals surface area contributed by atoms with Crippen molar-refractivity contribution in [2.75, 3.05) is 13.2 Å². The summed E-state index contributed by atoms with van der Waals surface area (Å²) < 4.78 is 5.52. The van der Waals surface area contributed by atoms with E-state index in [1.165, 1.54) is 6.42 Å². The molecule has 1 aliphatic rings. The Kier molecular flexibility index (Phi) is 3.57. The van der Waals surface area contributed by atoms with Crippen LogP contribution in [0.4, 0.5) is 0 Å². The van der Waals surface area contributed by atoms with Crippen LogP contribution in [0.2, 0.25) is 0 Å². The van der Waals surface area contributed by atoms with Crippen molar-refractivity contribution >= 4 is 0 Å². The van der Waals surface area contributed by atoms with Gasteiger partial charge in [-0.15, -0.1) is 0 Å². The molecule has 0 spiro atoms. The van der Waals surface area contributed by atoms with Gasteiger partial charge in [0.1, 0.15) is 0 Å². The van der Waals surface area contributed by atoms with E-state index in [0.717, 1.165) is 36.9 Å². The maximum Gasteiger partial charge on any atom is 0.0499 e. The van der Waals surface area contributed by atoms with Crippen molar-refractivity contribution in [3.8, 4) is 0 Å². The van der Waals surface area contributed by atoms with E-state index >= 15 is 0 Å². The van der Waals surface area contributed by atoms with Crippen LogP contribution in [0.1, 0.15) is 34.1 Å². The van der Waals surface area contributed by atoms with Gasteiger partial charge in [0.2, 0.25) is 0 Å². The van der Waals surface area contributed by atoms with Crippen molar-refractivity contribution in [1.82, 2.24) is 0 Å². The molecule has 72 valence electrons. The minimum absolute atomic E-state index is 0.776. The average Bonchev–Trinajstić information content (AvgIpc) is 2.04. The Labute approximate surface area is 76.5 Å². The molecule has 0 aliphatic carbocycles. The van der Waals surface area contributed by atoms with Crippen molar-refractivity contribution in [2.45, 2.75) is 34.1 Å². The highest BCUT2D eigenvalue weighted by Gasteiger charge is 2.29. The quantitative estimate of drug-likeness (QED) is 0.619. The molecule has 0 aromatic heterocycles. The first-order chi connectivity index (χ1) is 5.63. The van der Waals surface area contributed by atoms with Gasteiger partial charge in [-0.2, -0.15) is 0 Å². The maximum atomic E-state index is 5.52. The third kappa shape index (κ3) is 2.22. The molecule has 0 N–H and O–H groups in total. The monoisotopic (exact) mass is 170 g/mol.